The summed E-state index contributed by atoms with van der Waals surface area (Å²) >= 11 is 2.52. The minimum absolute atomic E-state index is 0.117. The number of nitrogens with one attached hydrogen (secondary N) is 2. The average Bonchev–Trinajstić information content (AvgIpc) is 3.08. The predicted molar refractivity (Wildman–Crippen MR) is 110 cm³/mol. The number of ketones is 1. The number of para-hydroxylation sites is 1. The van der Waals surface area contributed by atoms with E-state index in [-0.39, 0.29) is 17.5 Å². The molecule has 0 aliphatic rings. The van der Waals surface area contributed by atoms with E-state index in [9.17, 15) is 14.0 Å². The van der Waals surface area contributed by atoms with E-state index in [1.54, 1.807) is 43.3 Å². The van der Waals surface area contributed by atoms with Crippen molar-refractivity contribution in [2.45, 2.75) is 23.4 Å². The smallest absolute Gasteiger partial charge is 0.237 e. The SMILES string of the molecule is CC(=O)c1ccccc1NC(=O)[C@H](C)Sc1nnc(Nc2cccc(F)c2)s1. The summed E-state index contributed by atoms with van der Waals surface area (Å²) in [5.74, 6) is -0.706. The second-order valence-corrected chi connectivity index (χ2v) is 8.43. The van der Waals surface area contributed by atoms with Gasteiger partial charge in [0.2, 0.25) is 11.0 Å². The van der Waals surface area contributed by atoms with Gasteiger partial charge in [-0.15, -0.1) is 10.2 Å². The fraction of sp³-hybridized carbons (Fsp3) is 0.158. The average molecular weight is 417 g/mol. The summed E-state index contributed by atoms with van der Waals surface area (Å²) in [5.41, 5.74) is 1.52. The molecular weight excluding hydrogens is 399 g/mol. The summed E-state index contributed by atoms with van der Waals surface area (Å²) in [6.45, 7) is 3.20. The van der Waals surface area contributed by atoms with Crippen LogP contribution in [-0.2, 0) is 4.79 Å². The summed E-state index contributed by atoms with van der Waals surface area (Å²) < 4.78 is 13.8. The van der Waals surface area contributed by atoms with Crippen molar-refractivity contribution in [2.75, 3.05) is 10.6 Å². The van der Waals surface area contributed by atoms with Gasteiger partial charge in [-0.25, -0.2) is 4.39 Å². The van der Waals surface area contributed by atoms with Gasteiger partial charge in [-0.1, -0.05) is 41.3 Å². The Bertz CT molecular complexity index is 1010. The molecule has 3 aromatic rings. The molecule has 0 saturated carbocycles. The van der Waals surface area contributed by atoms with E-state index in [2.05, 4.69) is 20.8 Å². The molecule has 6 nitrogen and oxygen atoms in total. The molecule has 2 aromatic carbocycles. The van der Waals surface area contributed by atoms with E-state index in [0.717, 1.165) is 0 Å². The number of thioether (sulfide) groups is 1. The molecule has 0 unspecified atom stereocenters. The van der Waals surface area contributed by atoms with Crippen molar-refractivity contribution in [3.63, 3.8) is 0 Å². The number of Topliss-reactive ketones (excluding diaryl/α,β-unsaturated/α-hetero) is 1. The highest BCUT2D eigenvalue weighted by Gasteiger charge is 2.19. The van der Waals surface area contributed by atoms with Crippen molar-refractivity contribution in [3.05, 3.63) is 59.9 Å². The summed E-state index contributed by atoms with van der Waals surface area (Å²) in [5, 5.41) is 13.9. The number of anilines is 3. The van der Waals surface area contributed by atoms with Gasteiger partial charge >= 0.3 is 0 Å². The number of benzene rings is 2. The largest absolute Gasteiger partial charge is 0.330 e. The molecule has 0 aliphatic carbocycles. The van der Waals surface area contributed by atoms with Gasteiger partial charge in [-0.05, 0) is 44.2 Å². The number of rotatable bonds is 7. The van der Waals surface area contributed by atoms with E-state index in [0.29, 0.717) is 26.4 Å². The Morgan fingerprint density at radius 2 is 1.93 bits per heavy atom. The number of halogens is 1. The van der Waals surface area contributed by atoms with Crippen molar-refractivity contribution in [1.29, 1.82) is 0 Å². The van der Waals surface area contributed by atoms with Gasteiger partial charge in [0, 0.05) is 11.3 Å². The third kappa shape index (κ3) is 5.14. The molecule has 3 rings (SSSR count). The lowest BCUT2D eigenvalue weighted by Crippen LogP contribution is -2.23. The van der Waals surface area contributed by atoms with E-state index in [1.807, 2.05) is 0 Å². The third-order valence-corrected chi connectivity index (χ3v) is 5.72. The van der Waals surface area contributed by atoms with Crippen LogP contribution < -0.4 is 10.6 Å². The normalized spacial score (nSPS) is 11.7. The van der Waals surface area contributed by atoms with Crippen LogP contribution in [0.25, 0.3) is 0 Å². The Labute approximate surface area is 169 Å². The molecule has 1 amide bonds. The Kier molecular flexibility index (Phi) is 6.37. The van der Waals surface area contributed by atoms with Crippen LogP contribution in [-0.4, -0.2) is 27.1 Å². The highest BCUT2D eigenvalue weighted by Crippen LogP contribution is 2.31. The van der Waals surface area contributed by atoms with Crippen molar-refractivity contribution in [3.8, 4) is 0 Å². The Morgan fingerprint density at radius 3 is 2.68 bits per heavy atom. The molecule has 28 heavy (non-hydrogen) atoms. The molecule has 0 saturated heterocycles. The Hall–Kier alpha value is -2.78. The fourth-order valence-corrected chi connectivity index (χ4v) is 4.25. The van der Waals surface area contributed by atoms with Crippen LogP contribution in [0.15, 0.2) is 52.9 Å². The van der Waals surface area contributed by atoms with Crippen molar-refractivity contribution >= 4 is 51.3 Å². The van der Waals surface area contributed by atoms with Gasteiger partial charge in [0.15, 0.2) is 10.1 Å². The number of amides is 1. The second kappa shape index (κ2) is 8.94. The van der Waals surface area contributed by atoms with Gasteiger partial charge in [0.1, 0.15) is 5.82 Å². The zero-order chi connectivity index (χ0) is 20.1. The topological polar surface area (TPSA) is 84.0 Å². The van der Waals surface area contributed by atoms with Gasteiger partial charge < -0.3 is 10.6 Å². The monoisotopic (exact) mass is 416 g/mol. The number of aromatic nitrogens is 2. The van der Waals surface area contributed by atoms with E-state index < -0.39 is 5.25 Å². The van der Waals surface area contributed by atoms with E-state index in [1.165, 1.54) is 42.2 Å². The van der Waals surface area contributed by atoms with Gasteiger partial charge in [-0.2, -0.15) is 0 Å². The quantitative estimate of drug-likeness (QED) is 0.427. The van der Waals surface area contributed by atoms with Crippen molar-refractivity contribution in [1.82, 2.24) is 10.2 Å². The third-order valence-electron chi connectivity index (χ3n) is 3.69. The molecular formula is C19H17FN4O2S2. The van der Waals surface area contributed by atoms with Gasteiger partial charge in [0.05, 0.1) is 10.9 Å². The number of hydrogen-bond acceptors (Lipinski definition) is 7. The van der Waals surface area contributed by atoms with Crippen LogP contribution in [0.3, 0.4) is 0 Å². The highest BCUT2D eigenvalue weighted by atomic mass is 32.2. The Morgan fingerprint density at radius 1 is 1.14 bits per heavy atom. The van der Waals surface area contributed by atoms with E-state index in [4.69, 9.17) is 0 Å². The van der Waals surface area contributed by atoms with Crippen LogP contribution in [0, 0.1) is 5.82 Å². The Balaban J connectivity index is 1.62. The molecule has 0 fully saturated rings. The van der Waals surface area contributed by atoms with Crippen molar-refractivity contribution < 1.29 is 14.0 Å². The lowest BCUT2D eigenvalue weighted by atomic mass is 10.1. The lowest BCUT2D eigenvalue weighted by molar-refractivity contribution is -0.115. The van der Waals surface area contributed by atoms with Crippen LogP contribution >= 0.6 is 23.1 Å². The zero-order valence-electron chi connectivity index (χ0n) is 15.1. The summed E-state index contributed by atoms with van der Waals surface area (Å²) in [4.78, 5) is 24.2. The molecule has 1 aromatic heterocycles. The summed E-state index contributed by atoms with van der Waals surface area (Å²) in [6, 6.07) is 12.9. The van der Waals surface area contributed by atoms with Gasteiger partial charge in [0.25, 0.3) is 0 Å². The molecule has 0 aliphatic heterocycles. The maximum absolute atomic E-state index is 13.3. The summed E-state index contributed by atoms with van der Waals surface area (Å²) in [7, 11) is 0. The van der Waals surface area contributed by atoms with Gasteiger partial charge in [-0.3, -0.25) is 9.59 Å². The van der Waals surface area contributed by atoms with Crippen LogP contribution in [0.1, 0.15) is 24.2 Å². The standard InChI is InChI=1S/C19H17FN4O2S2/c1-11(25)15-8-3-4-9-16(15)22-17(26)12(2)27-19-24-23-18(28-19)21-14-7-5-6-13(20)10-14/h3-10,12H,1-2H3,(H,21,23)(H,22,26)/t12-/m0/s1. The predicted octanol–water partition coefficient (Wildman–Crippen LogP) is 4.74. The number of carbonyl (C=O) groups is 2. The highest BCUT2D eigenvalue weighted by molar-refractivity contribution is 8.02. The molecule has 2 N–H and O–H groups in total. The first-order valence-electron chi connectivity index (χ1n) is 8.36. The molecule has 0 spiro atoms. The maximum Gasteiger partial charge on any atom is 0.237 e. The first-order valence-corrected chi connectivity index (χ1v) is 10.1. The van der Waals surface area contributed by atoms with Crippen molar-refractivity contribution in [2.24, 2.45) is 0 Å². The van der Waals surface area contributed by atoms with Crippen LogP contribution in [0.2, 0.25) is 0 Å². The fourth-order valence-electron chi connectivity index (χ4n) is 2.34. The lowest BCUT2D eigenvalue weighted by Gasteiger charge is -2.12. The number of hydrogen-bond donors (Lipinski definition) is 2. The van der Waals surface area contributed by atoms with E-state index >= 15 is 0 Å². The second-order valence-electron chi connectivity index (χ2n) is 5.86. The molecule has 1 heterocycles. The molecule has 9 heteroatoms. The van der Waals surface area contributed by atoms with Crippen LogP contribution in [0.5, 0.6) is 0 Å². The number of nitrogens with zero attached hydrogens (tertiary/aromatic N) is 2. The first kappa shape index (κ1) is 20.0. The molecule has 0 radical (unpaired) electrons. The molecule has 1 atom stereocenters. The minimum Gasteiger partial charge on any atom is -0.330 e. The maximum atomic E-state index is 13.3. The minimum atomic E-state index is -0.449. The molecule has 144 valence electrons. The molecule has 0 bridgehead atoms. The first-order chi connectivity index (χ1) is 13.4. The number of carbonyl (C=O) groups excluding carboxylic acids is 2. The van der Waals surface area contributed by atoms with Crippen LogP contribution in [0.4, 0.5) is 20.9 Å². The zero-order valence-corrected chi connectivity index (χ0v) is 16.7. The summed E-state index contributed by atoms with van der Waals surface area (Å²) in [6.07, 6.45) is 0.